The maximum Gasteiger partial charge on any atom is 0.231 e. The summed E-state index contributed by atoms with van der Waals surface area (Å²) in [5, 5.41) is 11.9. The van der Waals surface area contributed by atoms with Crippen molar-refractivity contribution in [3.05, 3.63) is 90.7 Å². The molecule has 4 atom stereocenters. The van der Waals surface area contributed by atoms with Crippen molar-refractivity contribution in [3.63, 3.8) is 0 Å². The van der Waals surface area contributed by atoms with Gasteiger partial charge in [-0.1, -0.05) is 24.3 Å². The van der Waals surface area contributed by atoms with Gasteiger partial charge in [0.2, 0.25) is 5.91 Å². The maximum absolute atomic E-state index is 13.2. The monoisotopic (exact) mass is 493 g/mol. The summed E-state index contributed by atoms with van der Waals surface area (Å²) in [5.74, 6) is 1.11. The number of carbonyl (C=O) groups excluding carboxylic acids is 1. The van der Waals surface area contributed by atoms with Crippen LogP contribution in [0.15, 0.2) is 85.1 Å². The summed E-state index contributed by atoms with van der Waals surface area (Å²) < 4.78 is 13.6. The molecule has 1 fully saturated rings. The van der Waals surface area contributed by atoms with Crippen molar-refractivity contribution >= 4 is 16.8 Å². The predicted molar refractivity (Wildman–Crippen MR) is 139 cm³/mol. The summed E-state index contributed by atoms with van der Waals surface area (Å²) in [6.45, 7) is 1.32. The van der Waals surface area contributed by atoms with Gasteiger partial charge in [-0.3, -0.25) is 9.89 Å². The number of allylic oxidation sites excluding steroid dienone is 1. The molecule has 8 nitrogen and oxygen atoms in total. The number of rotatable bonds is 7. The molecule has 2 bridgehead atoms. The first-order chi connectivity index (χ1) is 18.2. The fourth-order valence-corrected chi connectivity index (χ4v) is 6.00. The van der Waals surface area contributed by atoms with Crippen LogP contribution in [0.5, 0.6) is 5.75 Å². The second-order valence-corrected chi connectivity index (χ2v) is 10.0. The van der Waals surface area contributed by atoms with Crippen molar-refractivity contribution in [1.82, 2.24) is 25.1 Å². The lowest BCUT2D eigenvalue weighted by Gasteiger charge is -2.36. The van der Waals surface area contributed by atoms with Crippen LogP contribution in [0, 0.1) is 11.3 Å². The summed E-state index contributed by atoms with van der Waals surface area (Å²) in [6.07, 6.45) is 12.3. The first-order valence-electron chi connectivity index (χ1n) is 12.6. The van der Waals surface area contributed by atoms with Crippen LogP contribution in [0.2, 0.25) is 0 Å². The minimum Gasteiger partial charge on any atom is -0.492 e. The van der Waals surface area contributed by atoms with Gasteiger partial charge in [-0.05, 0) is 48.4 Å². The Morgan fingerprint density at radius 1 is 1.19 bits per heavy atom. The zero-order chi connectivity index (χ0) is 25.0. The average molecular weight is 494 g/mol. The van der Waals surface area contributed by atoms with Crippen LogP contribution in [-0.2, 0) is 16.1 Å². The lowest BCUT2D eigenvalue weighted by Crippen LogP contribution is -2.47. The van der Waals surface area contributed by atoms with Gasteiger partial charge in [0.1, 0.15) is 12.4 Å². The summed E-state index contributed by atoms with van der Waals surface area (Å²) in [7, 11) is 1.71. The van der Waals surface area contributed by atoms with Crippen molar-refractivity contribution in [2.75, 3.05) is 13.7 Å². The van der Waals surface area contributed by atoms with Crippen molar-refractivity contribution in [2.45, 2.75) is 25.0 Å². The van der Waals surface area contributed by atoms with Crippen LogP contribution >= 0.6 is 0 Å². The molecule has 2 unspecified atom stereocenters. The highest BCUT2D eigenvalue weighted by Gasteiger charge is 2.67. The molecule has 1 spiro atoms. The number of hydrogen-bond donors (Lipinski definition) is 2. The largest absolute Gasteiger partial charge is 0.492 e. The fourth-order valence-electron chi connectivity index (χ4n) is 6.00. The Balaban J connectivity index is 1.10. The quantitative estimate of drug-likeness (QED) is 0.403. The molecule has 1 aliphatic heterocycles. The molecular weight excluding hydrogens is 466 g/mol. The molecule has 186 valence electrons. The number of carbonyl (C=O) groups is 1. The fraction of sp³-hybridized carbons (Fsp3) is 0.276. The number of amides is 1. The molecule has 3 aliphatic rings. The van der Waals surface area contributed by atoms with Crippen LogP contribution in [0.3, 0.4) is 0 Å². The molecule has 7 rings (SSSR count). The first-order valence-corrected chi connectivity index (χ1v) is 12.6. The molecule has 2 aromatic heterocycles. The van der Waals surface area contributed by atoms with E-state index in [-0.39, 0.29) is 23.8 Å². The maximum atomic E-state index is 13.2. The third kappa shape index (κ3) is 3.59. The molecule has 1 saturated carbocycles. The minimum absolute atomic E-state index is 0.0463. The number of fused-ring (bicyclic) bond motifs is 3. The Labute approximate surface area is 214 Å². The summed E-state index contributed by atoms with van der Waals surface area (Å²) in [5.41, 5.74) is 4.46. The number of imidazole rings is 1. The summed E-state index contributed by atoms with van der Waals surface area (Å²) in [4.78, 5) is 17.2. The smallest absolute Gasteiger partial charge is 0.231 e. The first kappa shape index (κ1) is 22.1. The highest BCUT2D eigenvalue weighted by atomic mass is 16.5. The van der Waals surface area contributed by atoms with E-state index in [1.807, 2.05) is 41.1 Å². The molecule has 37 heavy (non-hydrogen) atoms. The van der Waals surface area contributed by atoms with Crippen LogP contribution in [0.1, 0.15) is 17.9 Å². The number of benzene rings is 2. The van der Waals surface area contributed by atoms with Gasteiger partial charge in [0.05, 0.1) is 35.6 Å². The van der Waals surface area contributed by atoms with Gasteiger partial charge in [0.25, 0.3) is 0 Å². The molecule has 2 N–H and O–H groups in total. The zero-order valence-electron chi connectivity index (χ0n) is 20.4. The van der Waals surface area contributed by atoms with Crippen LogP contribution in [0.25, 0.3) is 22.2 Å². The SMILES string of the molecule is COC1C=CC2=CC1[C@]1(C[C@H]1c1ccc3c(-c4ccc(OCCn5ccnc5)cc4)n[nH]c3c1)C(=O)N2. The van der Waals surface area contributed by atoms with Crippen molar-refractivity contribution in [3.8, 4) is 17.0 Å². The highest BCUT2D eigenvalue weighted by molar-refractivity contribution is 5.95. The number of methoxy groups -OCH3 is 1. The number of hydrogen-bond acceptors (Lipinski definition) is 5. The predicted octanol–water partition coefficient (Wildman–Crippen LogP) is 4.19. The van der Waals surface area contributed by atoms with E-state index in [0.29, 0.717) is 6.61 Å². The standard InChI is InChI=1S/C29H27N5O3/c1-36-26-9-5-20-15-23(26)29(28(35)31-20)16-24(29)19-4-8-22-25(14-19)32-33-27(22)18-2-6-21(7-3-18)37-13-12-34-11-10-30-17-34/h2-11,14-15,17,23-24,26H,12-13,16H2,1H3,(H,31,35)(H,32,33)/t23?,24-,26?,29-/m0/s1. The van der Waals surface area contributed by atoms with E-state index in [4.69, 9.17) is 9.47 Å². The molecule has 8 heteroatoms. The van der Waals surface area contributed by atoms with E-state index in [0.717, 1.165) is 52.1 Å². The van der Waals surface area contributed by atoms with Crippen molar-refractivity contribution in [2.24, 2.45) is 11.3 Å². The van der Waals surface area contributed by atoms with E-state index < -0.39 is 5.41 Å². The molecule has 4 aromatic rings. The minimum atomic E-state index is -0.459. The lowest BCUT2D eigenvalue weighted by atomic mass is 9.75. The zero-order valence-corrected chi connectivity index (χ0v) is 20.4. The molecule has 2 aromatic carbocycles. The van der Waals surface area contributed by atoms with E-state index in [9.17, 15) is 4.79 Å². The Morgan fingerprint density at radius 2 is 2.08 bits per heavy atom. The third-order valence-electron chi connectivity index (χ3n) is 8.02. The second-order valence-electron chi connectivity index (χ2n) is 10.0. The Morgan fingerprint density at radius 3 is 2.89 bits per heavy atom. The van der Waals surface area contributed by atoms with E-state index >= 15 is 0 Å². The molecule has 2 aliphatic carbocycles. The third-order valence-corrected chi connectivity index (χ3v) is 8.02. The molecule has 1 amide bonds. The lowest BCUT2D eigenvalue weighted by molar-refractivity contribution is -0.129. The van der Waals surface area contributed by atoms with Gasteiger partial charge >= 0.3 is 0 Å². The number of nitrogens with zero attached hydrogens (tertiary/aromatic N) is 3. The van der Waals surface area contributed by atoms with E-state index in [1.165, 1.54) is 0 Å². The van der Waals surface area contributed by atoms with Gasteiger partial charge in [-0.2, -0.15) is 5.10 Å². The molecular formula is C29H27N5O3. The van der Waals surface area contributed by atoms with Gasteiger partial charge in [-0.25, -0.2) is 4.98 Å². The molecule has 3 heterocycles. The van der Waals surface area contributed by atoms with E-state index in [1.54, 1.807) is 19.6 Å². The Hall–Kier alpha value is -4.17. The summed E-state index contributed by atoms with van der Waals surface area (Å²) in [6, 6.07) is 14.4. The van der Waals surface area contributed by atoms with Gasteiger partial charge in [0, 0.05) is 48.0 Å². The second kappa shape index (κ2) is 8.45. The topological polar surface area (TPSA) is 94.1 Å². The van der Waals surface area contributed by atoms with Crippen molar-refractivity contribution in [1.29, 1.82) is 0 Å². The highest BCUT2D eigenvalue weighted by Crippen LogP contribution is 2.67. The average Bonchev–Trinajstić information content (AvgIpc) is 3.22. The number of aromatic amines is 1. The normalized spacial score (nSPS) is 25.8. The Kier molecular flexibility index (Phi) is 5.04. The van der Waals surface area contributed by atoms with Gasteiger partial charge in [-0.15, -0.1) is 0 Å². The molecule has 0 radical (unpaired) electrons. The van der Waals surface area contributed by atoms with Gasteiger partial charge < -0.3 is 19.4 Å². The number of nitrogens with one attached hydrogen (secondary N) is 2. The van der Waals surface area contributed by atoms with Crippen LogP contribution < -0.4 is 10.1 Å². The van der Waals surface area contributed by atoms with Crippen LogP contribution in [0.4, 0.5) is 0 Å². The Bertz CT molecular complexity index is 1540. The van der Waals surface area contributed by atoms with Gasteiger partial charge in [0.15, 0.2) is 0 Å². The number of ether oxygens (including phenoxy) is 2. The molecule has 0 saturated heterocycles. The van der Waals surface area contributed by atoms with E-state index in [2.05, 4.69) is 50.8 Å². The number of aromatic nitrogens is 4. The summed E-state index contributed by atoms with van der Waals surface area (Å²) >= 11 is 0. The van der Waals surface area contributed by atoms with Crippen LogP contribution in [-0.4, -0.2) is 45.5 Å². The number of H-pyrrole nitrogens is 1. The van der Waals surface area contributed by atoms with Crippen molar-refractivity contribution < 1.29 is 14.3 Å².